The molecule has 3 rings (SSSR count). The van der Waals surface area contributed by atoms with E-state index in [1.807, 2.05) is 56.3 Å². The number of aryl methyl sites for hydroxylation is 2. The van der Waals surface area contributed by atoms with E-state index >= 15 is 0 Å². The summed E-state index contributed by atoms with van der Waals surface area (Å²) < 4.78 is 6.25. The number of hydrogen-bond acceptors (Lipinski definition) is 5. The van der Waals surface area contributed by atoms with E-state index in [2.05, 4.69) is 6.07 Å². The molecule has 0 N–H and O–H groups in total. The Balaban J connectivity index is 1.72. The van der Waals surface area contributed by atoms with Crippen LogP contribution in [-0.4, -0.2) is 25.0 Å². The molecule has 0 bridgehead atoms. The molecular formula is C22H20N2O3S. The van der Waals surface area contributed by atoms with Gasteiger partial charge < -0.3 is 9.64 Å². The fourth-order valence-electron chi connectivity index (χ4n) is 3.02. The summed E-state index contributed by atoms with van der Waals surface area (Å²) in [5.74, 6) is -0.870. The molecule has 0 aliphatic carbocycles. The summed E-state index contributed by atoms with van der Waals surface area (Å²) >= 11 is 1.34. The molecule has 1 amide bonds. The van der Waals surface area contributed by atoms with E-state index in [1.165, 1.54) is 16.2 Å². The van der Waals surface area contributed by atoms with Gasteiger partial charge in [0.2, 0.25) is 0 Å². The van der Waals surface area contributed by atoms with E-state index in [-0.39, 0.29) is 25.5 Å². The third kappa shape index (κ3) is 4.56. The molecule has 1 heterocycles. The van der Waals surface area contributed by atoms with Crippen LogP contribution in [0.2, 0.25) is 0 Å². The number of carbonyl (C=O) groups is 2. The second-order valence-corrected chi connectivity index (χ2v) is 7.61. The third-order valence-electron chi connectivity index (χ3n) is 4.22. The Bertz CT molecular complexity index is 1010. The minimum absolute atomic E-state index is 0.197. The molecule has 0 aliphatic rings. The Morgan fingerprint density at radius 1 is 1.11 bits per heavy atom. The highest BCUT2D eigenvalue weighted by molar-refractivity contribution is 7.20. The van der Waals surface area contributed by atoms with Crippen molar-refractivity contribution < 1.29 is 14.3 Å². The first-order valence-electron chi connectivity index (χ1n) is 8.89. The molecular weight excluding hydrogens is 372 g/mol. The molecule has 3 aromatic rings. The Labute approximate surface area is 167 Å². The molecule has 6 heteroatoms. The van der Waals surface area contributed by atoms with Gasteiger partial charge in [0.25, 0.3) is 5.91 Å². The summed E-state index contributed by atoms with van der Waals surface area (Å²) in [5, 5.41) is 9.89. The van der Waals surface area contributed by atoms with Crippen LogP contribution in [0.4, 0.5) is 5.69 Å². The van der Waals surface area contributed by atoms with E-state index in [1.54, 1.807) is 6.07 Å². The quantitative estimate of drug-likeness (QED) is 0.574. The smallest absolute Gasteiger partial charge is 0.348 e. The van der Waals surface area contributed by atoms with Gasteiger partial charge in [-0.2, -0.15) is 5.26 Å². The number of hydrogen-bond donors (Lipinski definition) is 0. The van der Waals surface area contributed by atoms with E-state index in [9.17, 15) is 9.59 Å². The second kappa shape index (κ2) is 8.68. The lowest BCUT2D eigenvalue weighted by molar-refractivity contribution is -0.121. The average Bonchev–Trinajstić information content (AvgIpc) is 3.10. The van der Waals surface area contributed by atoms with Crippen LogP contribution in [0.15, 0.2) is 48.5 Å². The van der Waals surface area contributed by atoms with Crippen molar-refractivity contribution in [1.29, 1.82) is 5.26 Å². The van der Waals surface area contributed by atoms with Gasteiger partial charge in [-0.05, 0) is 54.6 Å². The Morgan fingerprint density at radius 3 is 2.50 bits per heavy atom. The molecule has 0 spiro atoms. The van der Waals surface area contributed by atoms with Crippen LogP contribution in [0.5, 0.6) is 0 Å². The molecule has 0 aliphatic heterocycles. The van der Waals surface area contributed by atoms with Crippen molar-refractivity contribution in [2.75, 3.05) is 18.1 Å². The monoisotopic (exact) mass is 392 g/mol. The lowest BCUT2D eigenvalue weighted by Crippen LogP contribution is -2.35. The van der Waals surface area contributed by atoms with Gasteiger partial charge in [0.15, 0.2) is 6.61 Å². The molecule has 0 saturated heterocycles. The van der Waals surface area contributed by atoms with E-state index in [0.29, 0.717) is 10.6 Å². The lowest BCUT2D eigenvalue weighted by atomic mass is 10.1. The van der Waals surface area contributed by atoms with Crippen LogP contribution in [0, 0.1) is 25.2 Å². The second-order valence-electron chi connectivity index (χ2n) is 6.52. The molecule has 0 radical (unpaired) electrons. The van der Waals surface area contributed by atoms with Crippen molar-refractivity contribution in [1.82, 2.24) is 0 Å². The number of rotatable bonds is 6. The summed E-state index contributed by atoms with van der Waals surface area (Å²) in [6, 6.07) is 17.3. The number of esters is 1. The number of nitriles is 1. The topological polar surface area (TPSA) is 70.4 Å². The largest absolute Gasteiger partial charge is 0.451 e. The first-order chi connectivity index (χ1) is 13.5. The number of amides is 1. The molecule has 0 atom stereocenters. The van der Waals surface area contributed by atoms with Crippen molar-refractivity contribution >= 4 is 39.0 Å². The van der Waals surface area contributed by atoms with Crippen molar-refractivity contribution in [3.05, 3.63) is 64.5 Å². The average molecular weight is 392 g/mol. The van der Waals surface area contributed by atoms with Crippen LogP contribution in [0.25, 0.3) is 10.1 Å². The van der Waals surface area contributed by atoms with Crippen molar-refractivity contribution in [3.8, 4) is 6.07 Å². The highest BCUT2D eigenvalue weighted by Crippen LogP contribution is 2.26. The zero-order chi connectivity index (χ0) is 20.1. The van der Waals surface area contributed by atoms with Gasteiger partial charge in [-0.3, -0.25) is 4.79 Å². The van der Waals surface area contributed by atoms with Gasteiger partial charge in [-0.15, -0.1) is 11.3 Å². The maximum atomic E-state index is 12.7. The number of carbonyl (C=O) groups excluding carboxylic acids is 2. The molecule has 2 aromatic carbocycles. The van der Waals surface area contributed by atoms with E-state index in [4.69, 9.17) is 10.00 Å². The van der Waals surface area contributed by atoms with Crippen LogP contribution in [0.1, 0.15) is 27.2 Å². The number of nitrogens with zero attached hydrogens (tertiary/aromatic N) is 2. The number of benzene rings is 2. The van der Waals surface area contributed by atoms with E-state index < -0.39 is 5.97 Å². The maximum Gasteiger partial charge on any atom is 0.348 e. The minimum Gasteiger partial charge on any atom is -0.451 e. The molecule has 0 unspecified atom stereocenters. The highest BCUT2D eigenvalue weighted by atomic mass is 32.1. The van der Waals surface area contributed by atoms with Crippen molar-refractivity contribution in [2.24, 2.45) is 0 Å². The molecule has 142 valence electrons. The zero-order valence-electron chi connectivity index (χ0n) is 15.8. The van der Waals surface area contributed by atoms with Crippen LogP contribution in [0.3, 0.4) is 0 Å². The molecule has 1 aromatic heterocycles. The highest BCUT2D eigenvalue weighted by Gasteiger charge is 2.19. The molecule has 0 fully saturated rings. The molecule has 5 nitrogen and oxygen atoms in total. The number of anilines is 1. The maximum absolute atomic E-state index is 12.7. The van der Waals surface area contributed by atoms with Gasteiger partial charge >= 0.3 is 5.97 Å². The zero-order valence-corrected chi connectivity index (χ0v) is 16.6. The van der Waals surface area contributed by atoms with Crippen molar-refractivity contribution in [2.45, 2.75) is 20.3 Å². The first-order valence-corrected chi connectivity index (χ1v) is 9.71. The molecule has 28 heavy (non-hydrogen) atoms. The van der Waals surface area contributed by atoms with Crippen LogP contribution in [-0.2, 0) is 9.53 Å². The standard InChI is InChI=1S/C22H20N2O3S/c1-15-10-16(2)12-18(11-15)24(9-5-8-23)21(25)14-27-22(26)20-13-17-6-3-4-7-19(17)28-20/h3-4,6-7,10-13H,5,9,14H2,1-2H3. The van der Waals surface area contributed by atoms with Gasteiger partial charge in [-0.25, -0.2) is 4.79 Å². The SMILES string of the molecule is Cc1cc(C)cc(N(CCC#N)C(=O)COC(=O)c2cc3ccccc3s2)c1. The number of thiophene rings is 1. The third-order valence-corrected chi connectivity index (χ3v) is 5.32. The fraction of sp³-hybridized carbons (Fsp3) is 0.227. The lowest BCUT2D eigenvalue weighted by Gasteiger charge is -2.22. The Hall–Kier alpha value is -3.17. The number of ether oxygens (including phenoxy) is 1. The van der Waals surface area contributed by atoms with Crippen LogP contribution < -0.4 is 4.90 Å². The summed E-state index contributed by atoms with van der Waals surface area (Å²) in [4.78, 5) is 27.1. The van der Waals surface area contributed by atoms with Crippen LogP contribution >= 0.6 is 11.3 Å². The summed E-state index contributed by atoms with van der Waals surface area (Å²) in [6.07, 6.45) is 0.197. The summed E-state index contributed by atoms with van der Waals surface area (Å²) in [5.41, 5.74) is 2.75. The van der Waals surface area contributed by atoms with Gasteiger partial charge in [0.05, 0.1) is 12.5 Å². The predicted molar refractivity (Wildman–Crippen MR) is 111 cm³/mol. The molecule has 0 saturated carbocycles. The van der Waals surface area contributed by atoms with Gasteiger partial charge in [0, 0.05) is 16.9 Å². The van der Waals surface area contributed by atoms with Gasteiger partial charge in [-0.1, -0.05) is 24.3 Å². The summed E-state index contributed by atoms with van der Waals surface area (Å²) in [7, 11) is 0. The Morgan fingerprint density at radius 2 is 1.82 bits per heavy atom. The first kappa shape index (κ1) is 19.6. The van der Waals surface area contributed by atoms with Gasteiger partial charge in [0.1, 0.15) is 4.88 Å². The normalized spacial score (nSPS) is 10.5. The van der Waals surface area contributed by atoms with Crippen molar-refractivity contribution in [3.63, 3.8) is 0 Å². The minimum atomic E-state index is -0.518. The predicted octanol–water partition coefficient (Wildman–Crippen LogP) is 4.62. The summed E-state index contributed by atoms with van der Waals surface area (Å²) in [6.45, 7) is 3.78. The fourth-order valence-corrected chi connectivity index (χ4v) is 3.98. The number of fused-ring (bicyclic) bond motifs is 1. The van der Waals surface area contributed by atoms with E-state index in [0.717, 1.165) is 21.2 Å². The Kier molecular flexibility index (Phi) is 6.07.